The van der Waals surface area contributed by atoms with Gasteiger partial charge in [0, 0.05) is 11.6 Å². The number of hydrogen-bond acceptors (Lipinski definition) is 3. The van der Waals surface area contributed by atoms with Crippen molar-refractivity contribution in [1.82, 2.24) is 0 Å². The number of hydrogen-bond donors (Lipinski definition) is 2. The summed E-state index contributed by atoms with van der Waals surface area (Å²) in [5.41, 5.74) is 7.35. The van der Waals surface area contributed by atoms with E-state index in [9.17, 15) is 4.79 Å². The maximum atomic E-state index is 10.7. The van der Waals surface area contributed by atoms with Gasteiger partial charge in [-0.3, -0.25) is 4.79 Å². The van der Waals surface area contributed by atoms with E-state index >= 15 is 0 Å². The molecule has 88 valence electrons. The van der Waals surface area contributed by atoms with Crippen LogP contribution in [0.25, 0.3) is 0 Å². The minimum absolute atomic E-state index is 0.307. The lowest BCUT2D eigenvalue weighted by atomic mass is 10.0. The molecule has 5 heteroatoms. The molecule has 0 fully saturated rings. The number of carbonyl (C=O) groups is 1. The van der Waals surface area contributed by atoms with Crippen LogP contribution in [0.1, 0.15) is 11.1 Å². The quantitative estimate of drug-likeness (QED) is 0.862. The van der Waals surface area contributed by atoms with Gasteiger partial charge in [0.15, 0.2) is 0 Å². The van der Waals surface area contributed by atoms with Gasteiger partial charge in [-0.05, 0) is 29.7 Å². The number of halogens is 1. The second kappa shape index (κ2) is 5.98. The van der Waals surface area contributed by atoms with E-state index < -0.39 is 12.0 Å². The SMILES string of the molecule is COCc1cc(Br)ccc1CC(N)C(=O)O. The summed E-state index contributed by atoms with van der Waals surface area (Å²) < 4.78 is 5.99. The second-order valence-corrected chi connectivity index (χ2v) is 4.41. The van der Waals surface area contributed by atoms with Crippen LogP contribution in [0.4, 0.5) is 0 Å². The number of methoxy groups -OCH3 is 1. The molecule has 0 aliphatic rings. The molecular formula is C11H14BrNO3. The van der Waals surface area contributed by atoms with Crippen molar-refractivity contribution in [2.45, 2.75) is 19.1 Å². The lowest BCUT2D eigenvalue weighted by Crippen LogP contribution is -2.32. The Labute approximate surface area is 103 Å². The van der Waals surface area contributed by atoms with Crippen LogP contribution >= 0.6 is 15.9 Å². The van der Waals surface area contributed by atoms with Gasteiger partial charge in [-0.25, -0.2) is 0 Å². The molecular weight excluding hydrogens is 274 g/mol. The van der Waals surface area contributed by atoms with E-state index in [-0.39, 0.29) is 0 Å². The minimum atomic E-state index is -0.994. The zero-order valence-electron chi connectivity index (χ0n) is 8.94. The Morgan fingerprint density at radius 1 is 1.56 bits per heavy atom. The Morgan fingerprint density at radius 2 is 2.25 bits per heavy atom. The van der Waals surface area contributed by atoms with Crippen molar-refractivity contribution in [1.29, 1.82) is 0 Å². The van der Waals surface area contributed by atoms with Gasteiger partial charge in [0.05, 0.1) is 6.61 Å². The molecule has 3 N–H and O–H groups in total. The third kappa shape index (κ3) is 3.59. The molecule has 0 spiro atoms. The van der Waals surface area contributed by atoms with Crippen molar-refractivity contribution >= 4 is 21.9 Å². The predicted octanol–water partition coefficient (Wildman–Crippen LogP) is 1.55. The molecule has 0 aliphatic heterocycles. The summed E-state index contributed by atoms with van der Waals surface area (Å²) in [6.07, 6.45) is 0.307. The number of ether oxygens (including phenoxy) is 1. The Morgan fingerprint density at radius 3 is 2.81 bits per heavy atom. The first-order chi connectivity index (χ1) is 7.54. The van der Waals surface area contributed by atoms with Crippen LogP contribution in [0.15, 0.2) is 22.7 Å². The van der Waals surface area contributed by atoms with E-state index in [1.54, 1.807) is 7.11 Å². The van der Waals surface area contributed by atoms with Crippen LogP contribution in [-0.4, -0.2) is 24.2 Å². The van der Waals surface area contributed by atoms with Gasteiger partial charge in [-0.15, -0.1) is 0 Å². The van der Waals surface area contributed by atoms with E-state index in [0.717, 1.165) is 15.6 Å². The first-order valence-electron chi connectivity index (χ1n) is 4.79. The molecule has 1 aromatic carbocycles. The van der Waals surface area contributed by atoms with Gasteiger partial charge in [0.25, 0.3) is 0 Å². The van der Waals surface area contributed by atoms with Gasteiger partial charge in [0.2, 0.25) is 0 Å². The van der Waals surface area contributed by atoms with E-state index in [4.69, 9.17) is 15.6 Å². The topological polar surface area (TPSA) is 72.5 Å². The first-order valence-corrected chi connectivity index (χ1v) is 5.58. The standard InChI is InChI=1S/C11H14BrNO3/c1-16-6-8-4-9(12)3-2-7(8)5-10(13)11(14)15/h2-4,10H,5-6,13H2,1H3,(H,14,15). The maximum absolute atomic E-state index is 10.7. The molecule has 0 aromatic heterocycles. The summed E-state index contributed by atoms with van der Waals surface area (Å²) in [5.74, 6) is -0.994. The molecule has 0 saturated carbocycles. The molecule has 1 rings (SSSR count). The van der Waals surface area contributed by atoms with E-state index in [1.165, 1.54) is 0 Å². The summed E-state index contributed by atoms with van der Waals surface area (Å²) in [6.45, 7) is 0.446. The van der Waals surface area contributed by atoms with Crippen LogP contribution in [0.5, 0.6) is 0 Å². The van der Waals surface area contributed by atoms with Crippen molar-refractivity contribution < 1.29 is 14.6 Å². The predicted molar refractivity (Wildman–Crippen MR) is 64.2 cm³/mol. The average Bonchev–Trinajstić information content (AvgIpc) is 2.22. The fourth-order valence-corrected chi connectivity index (χ4v) is 1.82. The highest BCUT2D eigenvalue weighted by atomic mass is 79.9. The van der Waals surface area contributed by atoms with Crippen LogP contribution in [0, 0.1) is 0 Å². The third-order valence-electron chi connectivity index (χ3n) is 2.23. The maximum Gasteiger partial charge on any atom is 0.320 e. The Kier molecular flexibility index (Phi) is 4.92. The van der Waals surface area contributed by atoms with Crippen molar-refractivity contribution in [2.75, 3.05) is 7.11 Å². The Bertz CT molecular complexity index is 381. The monoisotopic (exact) mass is 287 g/mol. The molecule has 1 aromatic rings. The molecule has 0 amide bonds. The van der Waals surface area contributed by atoms with Gasteiger partial charge in [0.1, 0.15) is 6.04 Å². The molecule has 1 unspecified atom stereocenters. The molecule has 0 bridgehead atoms. The van der Waals surface area contributed by atoms with Gasteiger partial charge < -0.3 is 15.6 Å². The van der Waals surface area contributed by atoms with Crippen molar-refractivity contribution in [2.24, 2.45) is 5.73 Å². The fourth-order valence-electron chi connectivity index (χ4n) is 1.41. The number of carboxylic acids is 1. The average molecular weight is 288 g/mol. The highest BCUT2D eigenvalue weighted by molar-refractivity contribution is 9.10. The number of aliphatic carboxylic acids is 1. The summed E-state index contributed by atoms with van der Waals surface area (Å²) >= 11 is 3.36. The van der Waals surface area contributed by atoms with Crippen molar-refractivity contribution in [3.63, 3.8) is 0 Å². The summed E-state index contributed by atoms with van der Waals surface area (Å²) in [6, 6.07) is 4.76. The van der Waals surface area contributed by atoms with Crippen LogP contribution in [0.3, 0.4) is 0 Å². The highest BCUT2D eigenvalue weighted by Gasteiger charge is 2.14. The largest absolute Gasteiger partial charge is 0.480 e. The molecule has 0 radical (unpaired) electrons. The van der Waals surface area contributed by atoms with Gasteiger partial charge in [-0.2, -0.15) is 0 Å². The zero-order chi connectivity index (χ0) is 12.1. The van der Waals surface area contributed by atoms with Crippen molar-refractivity contribution in [3.05, 3.63) is 33.8 Å². The first kappa shape index (κ1) is 13.2. The lowest BCUT2D eigenvalue weighted by Gasteiger charge is -2.11. The molecule has 16 heavy (non-hydrogen) atoms. The lowest BCUT2D eigenvalue weighted by molar-refractivity contribution is -0.138. The summed E-state index contributed by atoms with van der Waals surface area (Å²) in [5, 5.41) is 8.75. The highest BCUT2D eigenvalue weighted by Crippen LogP contribution is 2.18. The third-order valence-corrected chi connectivity index (χ3v) is 2.72. The number of carboxylic acid groups (broad SMARTS) is 1. The smallest absolute Gasteiger partial charge is 0.320 e. The number of nitrogens with two attached hydrogens (primary N) is 1. The summed E-state index contributed by atoms with van der Waals surface area (Å²) in [7, 11) is 1.60. The molecule has 0 heterocycles. The Hall–Kier alpha value is -0.910. The van der Waals surface area contributed by atoms with Crippen LogP contribution in [0.2, 0.25) is 0 Å². The molecule has 4 nitrogen and oxygen atoms in total. The molecule has 0 saturated heterocycles. The van der Waals surface area contributed by atoms with E-state index in [2.05, 4.69) is 15.9 Å². The Balaban J connectivity index is 2.89. The van der Waals surface area contributed by atoms with Crippen molar-refractivity contribution in [3.8, 4) is 0 Å². The van der Waals surface area contributed by atoms with Gasteiger partial charge >= 0.3 is 5.97 Å². The number of benzene rings is 1. The normalized spacial score (nSPS) is 12.4. The number of rotatable bonds is 5. The summed E-state index contributed by atoms with van der Waals surface area (Å²) in [4.78, 5) is 10.7. The van der Waals surface area contributed by atoms with Crippen LogP contribution in [-0.2, 0) is 22.6 Å². The minimum Gasteiger partial charge on any atom is -0.480 e. The van der Waals surface area contributed by atoms with Crippen LogP contribution < -0.4 is 5.73 Å². The fraction of sp³-hybridized carbons (Fsp3) is 0.364. The molecule has 1 atom stereocenters. The molecule has 0 aliphatic carbocycles. The van der Waals surface area contributed by atoms with Gasteiger partial charge in [-0.1, -0.05) is 22.0 Å². The second-order valence-electron chi connectivity index (χ2n) is 3.49. The van der Waals surface area contributed by atoms with E-state index in [0.29, 0.717) is 13.0 Å². The van der Waals surface area contributed by atoms with E-state index in [1.807, 2.05) is 18.2 Å². The zero-order valence-corrected chi connectivity index (χ0v) is 10.5.